The molecule has 2 saturated heterocycles. The first-order valence-corrected chi connectivity index (χ1v) is 6.59. The summed E-state index contributed by atoms with van der Waals surface area (Å²) in [5.41, 5.74) is 2.13. The second-order valence-electron chi connectivity index (χ2n) is 5.89. The molecule has 2 heteroatoms. The molecule has 0 saturated carbocycles. The molecule has 1 N–H and O–H groups in total. The lowest BCUT2D eigenvalue weighted by Gasteiger charge is -2.35. The number of rotatable bonds is 1. The summed E-state index contributed by atoms with van der Waals surface area (Å²) in [5.74, 6) is 0. The molecule has 0 amide bonds. The summed E-state index contributed by atoms with van der Waals surface area (Å²) in [6.07, 6.45) is 3.57. The number of halogens is 1. The summed E-state index contributed by atoms with van der Waals surface area (Å²) in [6.45, 7) is 4.10. The average Bonchev–Trinajstić information content (AvgIpc) is 2.57. The Morgan fingerprint density at radius 2 is 1.59 bits per heavy atom. The maximum absolute atomic E-state index is 15.2. The predicted molar refractivity (Wildman–Crippen MR) is 67.9 cm³/mol. The van der Waals surface area contributed by atoms with Crippen molar-refractivity contribution in [3.8, 4) is 0 Å². The zero-order chi connectivity index (χ0) is 12.0. The summed E-state index contributed by atoms with van der Waals surface area (Å²) in [6, 6.07) is 6.94. The van der Waals surface area contributed by atoms with Gasteiger partial charge in [-0.05, 0) is 32.3 Å². The molecule has 0 radical (unpaired) electrons. The van der Waals surface area contributed by atoms with E-state index in [4.69, 9.17) is 0 Å². The molecule has 1 aromatic carbocycles. The fourth-order valence-corrected chi connectivity index (χ4v) is 3.56. The van der Waals surface area contributed by atoms with Gasteiger partial charge in [-0.15, -0.1) is 0 Å². The van der Waals surface area contributed by atoms with Crippen LogP contribution in [0.15, 0.2) is 18.2 Å². The van der Waals surface area contributed by atoms with Crippen molar-refractivity contribution in [2.75, 3.05) is 0 Å². The lowest BCUT2D eigenvalue weighted by molar-refractivity contribution is 0.0872. The third kappa shape index (κ3) is 1.99. The first-order chi connectivity index (χ1) is 8.05. The Bertz CT molecular complexity index is 408. The Hall–Kier alpha value is -0.890. The van der Waals surface area contributed by atoms with Gasteiger partial charge in [0.15, 0.2) is 0 Å². The van der Waals surface area contributed by atoms with E-state index >= 15 is 4.39 Å². The van der Waals surface area contributed by atoms with Crippen LogP contribution >= 0.6 is 0 Å². The highest BCUT2D eigenvalue weighted by atomic mass is 19.1. The van der Waals surface area contributed by atoms with Crippen molar-refractivity contribution >= 4 is 0 Å². The van der Waals surface area contributed by atoms with Crippen LogP contribution in [0.25, 0.3) is 0 Å². The molecule has 2 aliphatic heterocycles. The van der Waals surface area contributed by atoms with Gasteiger partial charge in [0, 0.05) is 24.9 Å². The molecule has 0 aliphatic carbocycles. The van der Waals surface area contributed by atoms with E-state index in [1.807, 2.05) is 12.1 Å². The van der Waals surface area contributed by atoms with Gasteiger partial charge < -0.3 is 5.32 Å². The van der Waals surface area contributed by atoms with Crippen LogP contribution in [0.2, 0.25) is 0 Å². The fourth-order valence-electron chi connectivity index (χ4n) is 3.56. The van der Waals surface area contributed by atoms with Crippen LogP contribution in [-0.4, -0.2) is 12.1 Å². The molecule has 2 fully saturated rings. The molecule has 3 rings (SSSR count). The molecule has 1 nitrogen and oxygen atoms in total. The van der Waals surface area contributed by atoms with Gasteiger partial charge in [-0.25, -0.2) is 4.39 Å². The highest BCUT2D eigenvalue weighted by Gasteiger charge is 2.45. The molecule has 2 heterocycles. The molecule has 0 aromatic heterocycles. The van der Waals surface area contributed by atoms with Crippen molar-refractivity contribution < 1.29 is 4.39 Å². The van der Waals surface area contributed by atoms with Gasteiger partial charge in [-0.1, -0.05) is 29.3 Å². The molecule has 92 valence electrons. The van der Waals surface area contributed by atoms with Crippen LogP contribution < -0.4 is 5.32 Å². The quantitative estimate of drug-likeness (QED) is 0.784. The van der Waals surface area contributed by atoms with Crippen molar-refractivity contribution in [2.24, 2.45) is 0 Å². The van der Waals surface area contributed by atoms with Gasteiger partial charge in [-0.2, -0.15) is 0 Å². The highest BCUT2D eigenvalue weighted by Crippen LogP contribution is 2.44. The molecule has 2 aliphatic rings. The van der Waals surface area contributed by atoms with Gasteiger partial charge in [0.05, 0.1) is 0 Å². The van der Waals surface area contributed by atoms with E-state index in [1.165, 1.54) is 11.1 Å². The van der Waals surface area contributed by atoms with Crippen LogP contribution in [0.1, 0.15) is 42.4 Å². The van der Waals surface area contributed by atoms with Crippen LogP contribution in [0.5, 0.6) is 0 Å². The van der Waals surface area contributed by atoms with Crippen LogP contribution in [0.3, 0.4) is 0 Å². The molecular weight excluding hydrogens is 213 g/mol. The minimum Gasteiger partial charge on any atom is -0.311 e. The Labute approximate surface area is 102 Å². The van der Waals surface area contributed by atoms with Crippen molar-refractivity contribution in [1.29, 1.82) is 0 Å². The highest BCUT2D eigenvalue weighted by molar-refractivity contribution is 5.33. The molecule has 17 heavy (non-hydrogen) atoms. The second kappa shape index (κ2) is 3.81. The van der Waals surface area contributed by atoms with E-state index in [-0.39, 0.29) is 0 Å². The lowest BCUT2D eigenvalue weighted by Crippen LogP contribution is -2.44. The van der Waals surface area contributed by atoms with Crippen LogP contribution in [0.4, 0.5) is 4.39 Å². The molecule has 2 bridgehead atoms. The lowest BCUT2D eigenvalue weighted by atomic mass is 9.82. The largest absolute Gasteiger partial charge is 0.311 e. The van der Waals surface area contributed by atoms with Gasteiger partial charge in [0.1, 0.15) is 5.67 Å². The number of alkyl halides is 1. The Balaban J connectivity index is 1.96. The van der Waals surface area contributed by atoms with E-state index in [1.54, 1.807) is 0 Å². The molecule has 0 spiro atoms. The van der Waals surface area contributed by atoms with E-state index in [9.17, 15) is 0 Å². The number of fused-ring (bicyclic) bond motifs is 2. The molecule has 2 atom stereocenters. The minimum atomic E-state index is -1.10. The Morgan fingerprint density at radius 3 is 2.12 bits per heavy atom. The average molecular weight is 233 g/mol. The van der Waals surface area contributed by atoms with E-state index in [0.29, 0.717) is 24.9 Å². The Morgan fingerprint density at radius 1 is 1.06 bits per heavy atom. The maximum Gasteiger partial charge on any atom is 0.139 e. The number of nitrogens with one attached hydrogen (secondary N) is 1. The number of piperidine rings is 1. The summed E-state index contributed by atoms with van der Waals surface area (Å²) in [5, 5.41) is 3.50. The van der Waals surface area contributed by atoms with Crippen LogP contribution in [-0.2, 0) is 5.67 Å². The van der Waals surface area contributed by atoms with Crippen molar-refractivity contribution in [3.63, 3.8) is 0 Å². The summed E-state index contributed by atoms with van der Waals surface area (Å²) < 4.78 is 15.2. The smallest absolute Gasteiger partial charge is 0.139 e. The number of hydrogen-bond donors (Lipinski definition) is 1. The monoisotopic (exact) mass is 233 g/mol. The molecule has 2 unspecified atom stereocenters. The predicted octanol–water partition coefficient (Wildman–Crippen LogP) is 3.38. The van der Waals surface area contributed by atoms with Crippen molar-refractivity contribution in [3.05, 3.63) is 34.9 Å². The number of aryl methyl sites for hydroxylation is 2. The number of benzene rings is 1. The van der Waals surface area contributed by atoms with E-state index in [0.717, 1.165) is 18.4 Å². The summed E-state index contributed by atoms with van der Waals surface area (Å²) in [7, 11) is 0. The minimum absolute atomic E-state index is 0.388. The summed E-state index contributed by atoms with van der Waals surface area (Å²) in [4.78, 5) is 0. The second-order valence-corrected chi connectivity index (χ2v) is 5.89. The first-order valence-electron chi connectivity index (χ1n) is 6.59. The van der Waals surface area contributed by atoms with Crippen LogP contribution in [0, 0.1) is 13.8 Å². The van der Waals surface area contributed by atoms with Gasteiger partial charge in [0.2, 0.25) is 0 Å². The first kappa shape index (κ1) is 11.2. The standard InChI is InChI=1S/C15H20FN/c1-10-5-11(2)7-12(6-10)15(16)8-13-3-4-14(9-15)17-13/h5-7,13-14,17H,3-4,8-9H2,1-2H3. The van der Waals surface area contributed by atoms with E-state index < -0.39 is 5.67 Å². The SMILES string of the molecule is Cc1cc(C)cc(C2(F)CC3CCC(C2)N3)c1. The number of hydrogen-bond acceptors (Lipinski definition) is 1. The Kier molecular flexibility index (Phi) is 2.51. The topological polar surface area (TPSA) is 12.0 Å². The van der Waals surface area contributed by atoms with Crippen molar-refractivity contribution in [1.82, 2.24) is 5.32 Å². The third-order valence-corrected chi connectivity index (χ3v) is 4.21. The zero-order valence-electron chi connectivity index (χ0n) is 10.6. The van der Waals surface area contributed by atoms with Gasteiger partial charge >= 0.3 is 0 Å². The fraction of sp³-hybridized carbons (Fsp3) is 0.600. The third-order valence-electron chi connectivity index (χ3n) is 4.21. The van der Waals surface area contributed by atoms with Crippen molar-refractivity contribution in [2.45, 2.75) is 57.3 Å². The molecule has 1 aromatic rings. The van der Waals surface area contributed by atoms with E-state index in [2.05, 4.69) is 25.2 Å². The zero-order valence-corrected chi connectivity index (χ0v) is 10.6. The molecular formula is C15H20FN. The maximum atomic E-state index is 15.2. The van der Waals surface area contributed by atoms with Gasteiger partial charge in [-0.3, -0.25) is 0 Å². The normalized spacial score (nSPS) is 36.2. The van der Waals surface area contributed by atoms with Gasteiger partial charge in [0.25, 0.3) is 0 Å². The summed E-state index contributed by atoms with van der Waals surface area (Å²) >= 11 is 0.